The number of amides is 1. The van der Waals surface area contributed by atoms with Gasteiger partial charge in [-0.1, -0.05) is 12.1 Å². The van der Waals surface area contributed by atoms with Crippen LogP contribution in [0.3, 0.4) is 0 Å². The molecule has 0 atom stereocenters. The number of aromatic amines is 1. The molecule has 0 unspecified atom stereocenters. The summed E-state index contributed by atoms with van der Waals surface area (Å²) in [6.45, 7) is 0.908. The lowest BCUT2D eigenvalue weighted by molar-refractivity contribution is -0.121. The van der Waals surface area contributed by atoms with Gasteiger partial charge in [0.05, 0.1) is 17.1 Å². The van der Waals surface area contributed by atoms with Crippen LogP contribution in [0.25, 0.3) is 10.7 Å². The van der Waals surface area contributed by atoms with Crippen molar-refractivity contribution < 1.29 is 4.79 Å². The van der Waals surface area contributed by atoms with Gasteiger partial charge in [-0.05, 0) is 35.8 Å². The lowest BCUT2D eigenvalue weighted by Crippen LogP contribution is -2.24. The van der Waals surface area contributed by atoms with Crippen LogP contribution < -0.4 is 5.32 Å². The molecule has 3 aromatic rings. The van der Waals surface area contributed by atoms with Crippen LogP contribution in [0, 0.1) is 4.77 Å². The summed E-state index contributed by atoms with van der Waals surface area (Å²) < 4.78 is 2.37. The summed E-state index contributed by atoms with van der Waals surface area (Å²) in [6, 6.07) is 9.56. The van der Waals surface area contributed by atoms with Gasteiger partial charge in [0.2, 0.25) is 5.91 Å². The van der Waals surface area contributed by atoms with Gasteiger partial charge in [-0.3, -0.25) is 19.4 Å². The predicted octanol–water partition coefficient (Wildman–Crippen LogP) is 2.77. The molecule has 6 nitrogen and oxygen atoms in total. The maximum atomic E-state index is 12.0. The normalized spacial score (nSPS) is 10.6. The lowest BCUT2D eigenvalue weighted by atomic mass is 10.3. The number of hydrogen-bond donors (Lipinski definition) is 2. The Kier molecular flexibility index (Phi) is 4.94. The summed E-state index contributed by atoms with van der Waals surface area (Å²) >= 11 is 6.83. The second-order valence-corrected chi connectivity index (χ2v) is 6.16. The van der Waals surface area contributed by atoms with E-state index in [0.717, 1.165) is 16.4 Å². The second kappa shape index (κ2) is 7.30. The molecule has 0 aliphatic heterocycles. The third-order valence-corrected chi connectivity index (χ3v) is 4.43. The van der Waals surface area contributed by atoms with Crippen molar-refractivity contribution in [2.45, 2.75) is 19.5 Å². The molecule has 0 fully saturated rings. The van der Waals surface area contributed by atoms with Crippen LogP contribution in [0.4, 0.5) is 0 Å². The first-order valence-electron chi connectivity index (χ1n) is 7.10. The van der Waals surface area contributed by atoms with Gasteiger partial charge in [0.25, 0.3) is 0 Å². The fourth-order valence-electron chi connectivity index (χ4n) is 2.11. The van der Waals surface area contributed by atoms with Crippen LogP contribution in [0.2, 0.25) is 0 Å². The molecule has 3 rings (SSSR count). The predicted molar refractivity (Wildman–Crippen MR) is 91.4 cm³/mol. The van der Waals surface area contributed by atoms with Crippen molar-refractivity contribution in [3.8, 4) is 10.7 Å². The van der Waals surface area contributed by atoms with Gasteiger partial charge in [-0.2, -0.15) is 5.10 Å². The van der Waals surface area contributed by atoms with Gasteiger partial charge in [-0.25, -0.2) is 0 Å². The Morgan fingerprint density at radius 3 is 3.00 bits per heavy atom. The fourth-order valence-corrected chi connectivity index (χ4v) is 3.06. The Bertz CT molecular complexity index is 823. The third kappa shape index (κ3) is 3.91. The Morgan fingerprint density at radius 1 is 1.35 bits per heavy atom. The van der Waals surface area contributed by atoms with E-state index in [2.05, 4.69) is 20.5 Å². The van der Waals surface area contributed by atoms with E-state index in [1.807, 2.05) is 40.3 Å². The molecule has 0 saturated carbocycles. The van der Waals surface area contributed by atoms with E-state index >= 15 is 0 Å². The average Bonchev–Trinajstić information content (AvgIpc) is 3.21. The SMILES string of the molecule is O=C(CCn1c(-c2cccs2)n[nH]c1=S)NCc1ccccn1. The van der Waals surface area contributed by atoms with E-state index < -0.39 is 0 Å². The Labute approximate surface area is 142 Å². The number of aromatic nitrogens is 4. The zero-order valence-electron chi connectivity index (χ0n) is 12.2. The summed E-state index contributed by atoms with van der Waals surface area (Å²) in [6.07, 6.45) is 2.04. The van der Waals surface area contributed by atoms with Crippen LogP contribution >= 0.6 is 23.6 Å². The smallest absolute Gasteiger partial charge is 0.222 e. The number of carbonyl (C=O) groups excluding carboxylic acids is 1. The molecule has 0 radical (unpaired) electrons. The standard InChI is InChI=1S/C15H15N5OS2/c21-13(17-10-11-4-1-2-7-16-11)6-8-20-14(18-19-15(20)22)12-5-3-9-23-12/h1-5,7,9H,6,8,10H2,(H,17,21)(H,19,22). The van der Waals surface area contributed by atoms with E-state index in [9.17, 15) is 4.79 Å². The highest BCUT2D eigenvalue weighted by atomic mass is 32.1. The number of pyridine rings is 1. The fraction of sp³-hybridized carbons (Fsp3) is 0.200. The van der Waals surface area contributed by atoms with Crippen molar-refractivity contribution in [2.75, 3.05) is 0 Å². The number of nitrogens with one attached hydrogen (secondary N) is 2. The summed E-state index contributed by atoms with van der Waals surface area (Å²) in [7, 11) is 0. The lowest BCUT2D eigenvalue weighted by Gasteiger charge is -2.07. The van der Waals surface area contributed by atoms with Gasteiger partial charge in [0.15, 0.2) is 10.6 Å². The number of carbonyl (C=O) groups is 1. The second-order valence-electron chi connectivity index (χ2n) is 4.83. The summed E-state index contributed by atoms with van der Waals surface area (Å²) in [5.74, 6) is 0.721. The van der Waals surface area contributed by atoms with Crippen molar-refractivity contribution in [3.05, 3.63) is 52.4 Å². The number of thiophene rings is 1. The molecule has 0 aromatic carbocycles. The first-order valence-corrected chi connectivity index (χ1v) is 8.38. The summed E-state index contributed by atoms with van der Waals surface area (Å²) in [4.78, 5) is 17.2. The number of hydrogen-bond acceptors (Lipinski definition) is 5. The maximum Gasteiger partial charge on any atom is 0.222 e. The molecular weight excluding hydrogens is 330 g/mol. The largest absolute Gasteiger partial charge is 0.350 e. The minimum absolute atomic E-state index is 0.0455. The average molecular weight is 345 g/mol. The molecule has 0 saturated heterocycles. The summed E-state index contributed by atoms with van der Waals surface area (Å²) in [5.41, 5.74) is 0.833. The highest BCUT2D eigenvalue weighted by molar-refractivity contribution is 7.71. The Morgan fingerprint density at radius 2 is 2.26 bits per heavy atom. The topological polar surface area (TPSA) is 75.6 Å². The van der Waals surface area contributed by atoms with Gasteiger partial charge in [0.1, 0.15) is 0 Å². The van der Waals surface area contributed by atoms with Crippen molar-refractivity contribution in [1.82, 2.24) is 25.1 Å². The molecule has 0 aliphatic carbocycles. The highest BCUT2D eigenvalue weighted by Crippen LogP contribution is 2.22. The Hall–Kier alpha value is -2.32. The van der Waals surface area contributed by atoms with Gasteiger partial charge >= 0.3 is 0 Å². The van der Waals surface area contributed by atoms with E-state index in [1.54, 1.807) is 17.5 Å². The zero-order chi connectivity index (χ0) is 16.1. The molecule has 8 heteroatoms. The molecule has 3 heterocycles. The molecule has 2 N–H and O–H groups in total. The van der Waals surface area contributed by atoms with Crippen LogP contribution in [0.5, 0.6) is 0 Å². The molecule has 0 aliphatic rings. The number of rotatable bonds is 6. The van der Waals surface area contributed by atoms with E-state index in [-0.39, 0.29) is 5.91 Å². The highest BCUT2D eigenvalue weighted by Gasteiger charge is 2.11. The minimum atomic E-state index is -0.0455. The van der Waals surface area contributed by atoms with Crippen LogP contribution in [0.1, 0.15) is 12.1 Å². The van der Waals surface area contributed by atoms with Crippen LogP contribution in [0.15, 0.2) is 41.9 Å². The van der Waals surface area contributed by atoms with E-state index in [1.165, 1.54) is 0 Å². The molecule has 3 aromatic heterocycles. The molecular formula is C15H15N5OS2. The van der Waals surface area contributed by atoms with Crippen LogP contribution in [-0.4, -0.2) is 25.7 Å². The molecule has 23 heavy (non-hydrogen) atoms. The minimum Gasteiger partial charge on any atom is -0.350 e. The molecule has 118 valence electrons. The van der Waals surface area contributed by atoms with Crippen molar-refractivity contribution in [2.24, 2.45) is 0 Å². The van der Waals surface area contributed by atoms with Crippen molar-refractivity contribution in [1.29, 1.82) is 0 Å². The van der Waals surface area contributed by atoms with Crippen molar-refractivity contribution in [3.63, 3.8) is 0 Å². The van der Waals surface area contributed by atoms with Gasteiger partial charge < -0.3 is 5.32 Å². The Balaban J connectivity index is 1.59. The third-order valence-electron chi connectivity index (χ3n) is 3.26. The van der Waals surface area contributed by atoms with Crippen LogP contribution in [-0.2, 0) is 17.9 Å². The monoisotopic (exact) mass is 345 g/mol. The number of H-pyrrole nitrogens is 1. The van der Waals surface area contributed by atoms with E-state index in [4.69, 9.17) is 12.2 Å². The first-order chi connectivity index (χ1) is 11.2. The maximum absolute atomic E-state index is 12.0. The summed E-state index contributed by atoms with van der Waals surface area (Å²) in [5, 5.41) is 11.9. The van der Waals surface area contributed by atoms with Crippen molar-refractivity contribution >= 4 is 29.5 Å². The number of nitrogens with zero attached hydrogens (tertiary/aromatic N) is 3. The van der Waals surface area contributed by atoms with E-state index in [0.29, 0.717) is 24.3 Å². The quantitative estimate of drug-likeness (QED) is 0.674. The molecule has 0 spiro atoms. The van der Waals surface area contributed by atoms with Gasteiger partial charge in [0, 0.05) is 19.2 Å². The zero-order valence-corrected chi connectivity index (χ0v) is 13.9. The molecule has 0 bridgehead atoms. The molecule has 1 amide bonds. The first kappa shape index (κ1) is 15.6. The van der Waals surface area contributed by atoms with Gasteiger partial charge in [-0.15, -0.1) is 11.3 Å².